The zero-order chi connectivity index (χ0) is 16.8. The van der Waals surface area contributed by atoms with Gasteiger partial charge < -0.3 is 10.2 Å². The van der Waals surface area contributed by atoms with Crippen molar-refractivity contribution < 1.29 is 9.59 Å². The molecule has 0 fully saturated rings. The third-order valence-electron chi connectivity index (χ3n) is 3.63. The lowest BCUT2D eigenvalue weighted by molar-refractivity contribution is -0.145. The molecule has 2 amide bonds. The number of nitrogens with zero attached hydrogens (tertiary/aromatic N) is 3. The highest BCUT2D eigenvalue weighted by molar-refractivity contribution is 6.34. The zero-order valence-corrected chi connectivity index (χ0v) is 13.7. The van der Waals surface area contributed by atoms with E-state index in [-0.39, 0.29) is 6.04 Å². The number of benzene rings is 1. The highest BCUT2D eigenvalue weighted by Gasteiger charge is 2.22. The van der Waals surface area contributed by atoms with Crippen LogP contribution in [0.2, 0.25) is 0 Å². The molecule has 23 heavy (non-hydrogen) atoms. The van der Waals surface area contributed by atoms with Crippen molar-refractivity contribution in [3.05, 3.63) is 53.9 Å². The number of carbonyl (C=O) groups is 2. The Hall–Kier alpha value is -2.63. The highest BCUT2D eigenvalue weighted by atomic mass is 16.2. The van der Waals surface area contributed by atoms with Crippen molar-refractivity contribution >= 4 is 11.8 Å². The van der Waals surface area contributed by atoms with Gasteiger partial charge in [0.15, 0.2) is 0 Å². The smallest absolute Gasteiger partial charge is 0.311 e. The van der Waals surface area contributed by atoms with Crippen LogP contribution in [0.15, 0.2) is 42.7 Å². The Morgan fingerprint density at radius 3 is 2.57 bits per heavy atom. The molecule has 0 spiro atoms. The summed E-state index contributed by atoms with van der Waals surface area (Å²) in [4.78, 5) is 25.8. The Morgan fingerprint density at radius 1 is 1.30 bits per heavy atom. The number of hydrogen-bond donors (Lipinski definition) is 1. The molecule has 0 aliphatic rings. The molecule has 6 nitrogen and oxygen atoms in total. The van der Waals surface area contributed by atoms with E-state index in [0.717, 1.165) is 17.5 Å². The summed E-state index contributed by atoms with van der Waals surface area (Å²) < 4.78 is 1.66. The molecule has 0 saturated heterocycles. The number of rotatable bonds is 5. The number of likely N-dealkylation sites (N-methyl/N-ethyl adjacent to an activating group) is 1. The molecular formula is C17H22N4O2. The number of aryl methyl sites for hydroxylation is 1. The maximum absolute atomic E-state index is 12.2. The second kappa shape index (κ2) is 7.58. The largest absolute Gasteiger partial charge is 0.341 e. The first kappa shape index (κ1) is 16.7. The van der Waals surface area contributed by atoms with Crippen molar-refractivity contribution in [2.45, 2.75) is 25.9 Å². The van der Waals surface area contributed by atoms with Crippen LogP contribution < -0.4 is 5.32 Å². The van der Waals surface area contributed by atoms with Crippen LogP contribution in [0.3, 0.4) is 0 Å². The monoisotopic (exact) mass is 314 g/mol. The van der Waals surface area contributed by atoms with Gasteiger partial charge in [-0.3, -0.25) is 14.3 Å². The minimum Gasteiger partial charge on any atom is -0.341 e. The van der Waals surface area contributed by atoms with Gasteiger partial charge in [-0.05, 0) is 12.0 Å². The molecule has 0 bridgehead atoms. The van der Waals surface area contributed by atoms with Gasteiger partial charge in [0, 0.05) is 32.4 Å². The van der Waals surface area contributed by atoms with Crippen molar-refractivity contribution in [3.8, 4) is 0 Å². The Bertz CT molecular complexity index is 666. The summed E-state index contributed by atoms with van der Waals surface area (Å²) in [6, 6.07) is 9.47. The lowest BCUT2D eigenvalue weighted by atomic mass is 10.0. The van der Waals surface area contributed by atoms with E-state index in [1.165, 1.54) is 4.90 Å². The molecule has 1 aromatic carbocycles. The zero-order valence-electron chi connectivity index (χ0n) is 13.7. The fraction of sp³-hybridized carbons (Fsp3) is 0.353. The second-order valence-corrected chi connectivity index (χ2v) is 5.53. The van der Waals surface area contributed by atoms with Crippen LogP contribution >= 0.6 is 0 Å². The molecule has 122 valence electrons. The van der Waals surface area contributed by atoms with Crippen molar-refractivity contribution in [1.29, 1.82) is 0 Å². The van der Waals surface area contributed by atoms with E-state index >= 15 is 0 Å². The molecule has 1 atom stereocenters. The molecule has 2 rings (SSSR count). The summed E-state index contributed by atoms with van der Waals surface area (Å²) in [6.45, 7) is 2.32. The van der Waals surface area contributed by atoms with Gasteiger partial charge in [0.25, 0.3) is 0 Å². The molecule has 0 saturated carbocycles. The van der Waals surface area contributed by atoms with Crippen LogP contribution in [0.25, 0.3) is 0 Å². The molecule has 6 heteroatoms. The van der Waals surface area contributed by atoms with E-state index in [0.29, 0.717) is 6.54 Å². The molecule has 1 aromatic heterocycles. The van der Waals surface area contributed by atoms with Crippen LogP contribution in [0, 0.1) is 0 Å². The van der Waals surface area contributed by atoms with E-state index in [2.05, 4.69) is 10.4 Å². The van der Waals surface area contributed by atoms with Crippen molar-refractivity contribution in [3.63, 3.8) is 0 Å². The molecule has 2 aromatic rings. The maximum Gasteiger partial charge on any atom is 0.311 e. The van der Waals surface area contributed by atoms with Crippen molar-refractivity contribution in [2.24, 2.45) is 7.05 Å². The summed E-state index contributed by atoms with van der Waals surface area (Å²) in [5.74, 6) is -1.14. The van der Waals surface area contributed by atoms with Gasteiger partial charge in [-0.25, -0.2) is 0 Å². The predicted molar refractivity (Wildman–Crippen MR) is 87.3 cm³/mol. The van der Waals surface area contributed by atoms with Gasteiger partial charge in [0.2, 0.25) is 0 Å². The van der Waals surface area contributed by atoms with E-state index < -0.39 is 11.8 Å². The predicted octanol–water partition coefficient (Wildman–Crippen LogP) is 1.65. The Morgan fingerprint density at radius 2 is 2.00 bits per heavy atom. The molecular weight excluding hydrogens is 292 g/mol. The SMILES string of the molecule is CC[C@H](NC(=O)C(=O)N(C)Cc1cnn(C)c1)c1ccccc1. The van der Waals surface area contributed by atoms with Gasteiger partial charge in [0.1, 0.15) is 0 Å². The van der Waals surface area contributed by atoms with Crippen molar-refractivity contribution in [2.75, 3.05) is 7.05 Å². The van der Waals surface area contributed by atoms with Gasteiger partial charge in [-0.1, -0.05) is 37.3 Å². The van der Waals surface area contributed by atoms with E-state index in [1.54, 1.807) is 17.9 Å². The van der Waals surface area contributed by atoms with Crippen LogP contribution in [-0.4, -0.2) is 33.5 Å². The minimum atomic E-state index is -0.591. The van der Waals surface area contributed by atoms with Crippen molar-refractivity contribution in [1.82, 2.24) is 20.0 Å². The number of aromatic nitrogens is 2. The molecule has 1 N–H and O–H groups in total. The summed E-state index contributed by atoms with van der Waals surface area (Å²) >= 11 is 0. The molecule has 0 aliphatic heterocycles. The lowest BCUT2D eigenvalue weighted by Crippen LogP contribution is -2.42. The molecule has 0 unspecified atom stereocenters. The van der Waals surface area contributed by atoms with Crippen LogP contribution in [0.5, 0.6) is 0 Å². The summed E-state index contributed by atoms with van der Waals surface area (Å²) in [5.41, 5.74) is 1.87. The van der Waals surface area contributed by atoms with Gasteiger partial charge in [-0.2, -0.15) is 5.10 Å². The number of carbonyl (C=O) groups excluding carboxylic acids is 2. The molecule has 0 radical (unpaired) electrons. The average Bonchev–Trinajstić information content (AvgIpc) is 2.97. The summed E-state index contributed by atoms with van der Waals surface area (Å²) in [5, 5.41) is 6.86. The van der Waals surface area contributed by atoms with Crippen LogP contribution in [0.1, 0.15) is 30.5 Å². The molecule has 0 aliphatic carbocycles. The summed E-state index contributed by atoms with van der Waals surface area (Å²) in [6.07, 6.45) is 4.22. The third-order valence-corrected chi connectivity index (χ3v) is 3.63. The Balaban J connectivity index is 1.97. The van der Waals surface area contributed by atoms with Crippen LogP contribution in [-0.2, 0) is 23.2 Å². The quantitative estimate of drug-likeness (QED) is 0.853. The van der Waals surface area contributed by atoms with Gasteiger partial charge in [-0.15, -0.1) is 0 Å². The number of nitrogens with one attached hydrogen (secondary N) is 1. The first-order chi connectivity index (χ1) is 11.0. The van der Waals surface area contributed by atoms with E-state index in [9.17, 15) is 9.59 Å². The van der Waals surface area contributed by atoms with E-state index in [1.807, 2.05) is 50.5 Å². The minimum absolute atomic E-state index is 0.167. The van der Waals surface area contributed by atoms with Crippen LogP contribution in [0.4, 0.5) is 0 Å². The number of amides is 2. The first-order valence-corrected chi connectivity index (χ1v) is 7.59. The van der Waals surface area contributed by atoms with Gasteiger partial charge in [0.05, 0.1) is 12.2 Å². The maximum atomic E-state index is 12.2. The highest BCUT2D eigenvalue weighted by Crippen LogP contribution is 2.15. The third kappa shape index (κ3) is 4.42. The second-order valence-electron chi connectivity index (χ2n) is 5.53. The fourth-order valence-electron chi connectivity index (χ4n) is 2.40. The van der Waals surface area contributed by atoms with Gasteiger partial charge >= 0.3 is 11.8 Å². The first-order valence-electron chi connectivity index (χ1n) is 7.59. The standard InChI is InChI=1S/C17H22N4O2/c1-4-15(14-8-6-5-7-9-14)19-16(22)17(23)20(2)11-13-10-18-21(3)12-13/h5-10,12,15H,4,11H2,1-3H3,(H,19,22)/t15-/m0/s1. The average molecular weight is 314 g/mol. The Labute approximate surface area is 136 Å². The fourth-order valence-corrected chi connectivity index (χ4v) is 2.40. The Kier molecular flexibility index (Phi) is 5.51. The van der Waals surface area contributed by atoms with E-state index in [4.69, 9.17) is 0 Å². The molecule has 1 heterocycles. The normalized spacial score (nSPS) is 11.8. The number of hydrogen-bond acceptors (Lipinski definition) is 3. The lowest BCUT2D eigenvalue weighted by Gasteiger charge is -2.20. The topological polar surface area (TPSA) is 67.2 Å². The summed E-state index contributed by atoms with van der Waals surface area (Å²) in [7, 11) is 3.42.